The number of dihydropyridines is 1. The van der Waals surface area contributed by atoms with E-state index in [1.807, 2.05) is 6.20 Å². The van der Waals surface area contributed by atoms with Gasteiger partial charge < -0.3 is 21.3 Å². The molecule has 0 saturated heterocycles. The summed E-state index contributed by atoms with van der Waals surface area (Å²) in [6.07, 6.45) is 58.9. The highest BCUT2D eigenvalue weighted by molar-refractivity contribution is 5.37. The molecule has 0 aromatic carbocycles. The molecule has 8 aliphatic rings. The normalized spacial score (nSPS) is 36.4. The topological polar surface area (TPSA) is 53.3 Å². The lowest BCUT2D eigenvalue weighted by Crippen LogP contribution is -2.47. The zero-order chi connectivity index (χ0) is 36.9. The molecule has 0 spiro atoms. The fraction of sp³-hybridized carbons (Fsp3) is 0.520. The highest BCUT2D eigenvalue weighted by atomic mass is 15.2. The Kier molecular flexibility index (Phi) is 12.1. The summed E-state index contributed by atoms with van der Waals surface area (Å²) in [4.78, 5) is 2.41. The highest BCUT2D eigenvalue weighted by Gasteiger charge is 2.45. The Labute approximate surface area is 326 Å². The molecule has 2 aliphatic heterocycles. The fourth-order valence-electron chi connectivity index (χ4n) is 11.3. The van der Waals surface area contributed by atoms with Crippen LogP contribution in [0, 0.1) is 59.2 Å². The van der Waals surface area contributed by atoms with Gasteiger partial charge in [-0.1, -0.05) is 115 Å². The molecule has 11 unspecified atom stereocenters. The average Bonchev–Trinajstić information content (AvgIpc) is 3.22. The zero-order valence-corrected chi connectivity index (χ0v) is 33.0. The van der Waals surface area contributed by atoms with Crippen LogP contribution in [0.3, 0.4) is 0 Å². The second-order valence-electron chi connectivity index (χ2n) is 17.6. The molecule has 4 nitrogen and oxygen atoms in total. The van der Waals surface area contributed by atoms with Gasteiger partial charge >= 0.3 is 0 Å². The van der Waals surface area contributed by atoms with Crippen molar-refractivity contribution in [2.45, 2.75) is 76.8 Å². The van der Waals surface area contributed by atoms with Crippen LogP contribution in [-0.2, 0) is 0 Å². The third-order valence-corrected chi connectivity index (χ3v) is 14.5. The zero-order valence-electron chi connectivity index (χ0n) is 33.0. The molecule has 0 fully saturated rings. The van der Waals surface area contributed by atoms with Crippen molar-refractivity contribution in [3.05, 3.63) is 144 Å². The van der Waals surface area contributed by atoms with Crippen LogP contribution >= 0.6 is 0 Å². The molecule has 0 aromatic heterocycles. The first-order valence-corrected chi connectivity index (χ1v) is 21.6. The summed E-state index contributed by atoms with van der Waals surface area (Å²) in [5.41, 5.74) is 12.8. The molecular weight excluding hydrogens is 657 g/mol. The Morgan fingerprint density at radius 1 is 0.907 bits per heavy atom. The van der Waals surface area contributed by atoms with E-state index >= 15 is 0 Å². The minimum absolute atomic E-state index is 0.335. The van der Waals surface area contributed by atoms with Crippen molar-refractivity contribution in [1.82, 2.24) is 15.5 Å². The van der Waals surface area contributed by atoms with Crippen molar-refractivity contribution in [1.29, 1.82) is 0 Å². The Balaban J connectivity index is 0.994. The van der Waals surface area contributed by atoms with E-state index in [2.05, 4.69) is 145 Å². The van der Waals surface area contributed by atoms with E-state index in [9.17, 15) is 0 Å². The summed E-state index contributed by atoms with van der Waals surface area (Å²) in [5, 5.41) is 7.33. The lowest BCUT2D eigenvalue weighted by atomic mass is 9.57. The summed E-state index contributed by atoms with van der Waals surface area (Å²) >= 11 is 0. The van der Waals surface area contributed by atoms with Crippen molar-refractivity contribution in [3.8, 4) is 0 Å². The SMILES string of the molecule is CC(C/C=C(\CNC1C=C[C@H]2CCC=CC2C1)C(CN)C/C=C/C1=CC=CNC1)C1=C2C=CCCC2C(C2C=CC(C3C=CN3C)C3C=CC=CC32)CC1. The first-order chi connectivity index (χ1) is 26.6. The molecule has 0 aromatic rings. The number of hydrogen-bond acceptors (Lipinski definition) is 4. The van der Waals surface area contributed by atoms with Gasteiger partial charge in [-0.15, -0.1) is 0 Å². The van der Waals surface area contributed by atoms with Crippen LogP contribution in [0.2, 0.25) is 0 Å². The minimum atomic E-state index is 0.335. The standard InChI is InChI=1S/C50H66N4/c1-35(20-21-40(39(32-51)15-9-11-36-12-10-29-52-33-36)34-53-41-23-22-37-13-3-4-14-38(37)31-41)42-24-25-47(44-17-6-5-16-43(42)44)48-26-27-49(50-28-30-54(50)2)46-19-8-7-18-45(46)48/h4-5,7-12,14,16,18-19,21-23,26-30,35,37-39,41,44-50,52-53H,3,6,13,15,17,20,24-25,31-34,51H2,1-2H3/b11-9+,40-21+/t35?,37-,38?,39?,41?,44?,45?,46?,47?,48?,49?,50?/m1/s1. The van der Waals surface area contributed by atoms with Crippen LogP contribution in [0.5, 0.6) is 0 Å². The van der Waals surface area contributed by atoms with Crippen molar-refractivity contribution in [3.63, 3.8) is 0 Å². The van der Waals surface area contributed by atoms with Crippen LogP contribution in [0.15, 0.2) is 144 Å². The summed E-state index contributed by atoms with van der Waals surface area (Å²) in [6, 6.07) is 0.956. The Hall–Kier alpha value is -3.60. The summed E-state index contributed by atoms with van der Waals surface area (Å²) < 4.78 is 0. The van der Waals surface area contributed by atoms with E-state index in [0.717, 1.165) is 31.8 Å². The van der Waals surface area contributed by atoms with Gasteiger partial charge in [0.15, 0.2) is 0 Å². The maximum Gasteiger partial charge on any atom is 0.0549 e. The van der Waals surface area contributed by atoms with Gasteiger partial charge in [0, 0.05) is 32.1 Å². The van der Waals surface area contributed by atoms with Gasteiger partial charge in [0.05, 0.1) is 6.04 Å². The van der Waals surface area contributed by atoms with Gasteiger partial charge in [-0.3, -0.25) is 0 Å². The lowest BCUT2D eigenvalue weighted by molar-refractivity contribution is 0.131. The van der Waals surface area contributed by atoms with E-state index in [1.54, 1.807) is 11.1 Å². The third-order valence-electron chi connectivity index (χ3n) is 14.5. The number of likely N-dealkylation sites (N-methyl/N-ethyl adjacent to an activating group) is 1. The summed E-state index contributed by atoms with van der Waals surface area (Å²) in [7, 11) is 2.24. The second-order valence-corrected chi connectivity index (χ2v) is 17.6. The number of nitrogens with two attached hydrogens (primary N) is 1. The summed E-state index contributed by atoms with van der Waals surface area (Å²) in [5.74, 6) is 6.03. The van der Waals surface area contributed by atoms with Gasteiger partial charge in [0.2, 0.25) is 0 Å². The van der Waals surface area contributed by atoms with Crippen LogP contribution in [-0.4, -0.2) is 43.7 Å². The largest absolute Gasteiger partial charge is 0.387 e. The number of allylic oxidation sites excluding steroid dienone is 16. The van der Waals surface area contributed by atoms with Gasteiger partial charge in [-0.05, 0) is 153 Å². The molecular formula is C50H66N4. The van der Waals surface area contributed by atoms with E-state index in [1.165, 1.54) is 56.1 Å². The lowest BCUT2D eigenvalue weighted by Gasteiger charge is -2.50. The highest BCUT2D eigenvalue weighted by Crippen LogP contribution is 2.53. The predicted octanol–water partition coefficient (Wildman–Crippen LogP) is 9.67. The van der Waals surface area contributed by atoms with Gasteiger partial charge in [0.25, 0.3) is 0 Å². The average molecular weight is 723 g/mol. The molecule has 6 aliphatic carbocycles. The van der Waals surface area contributed by atoms with Crippen LogP contribution in [0.1, 0.15) is 64.7 Å². The Bertz CT molecular complexity index is 1710. The Morgan fingerprint density at radius 3 is 2.56 bits per heavy atom. The molecule has 8 rings (SSSR count). The maximum absolute atomic E-state index is 6.60. The van der Waals surface area contributed by atoms with Crippen LogP contribution < -0.4 is 16.4 Å². The third kappa shape index (κ3) is 8.17. The van der Waals surface area contributed by atoms with Gasteiger partial charge in [-0.25, -0.2) is 0 Å². The van der Waals surface area contributed by atoms with Crippen molar-refractivity contribution in [2.24, 2.45) is 64.9 Å². The van der Waals surface area contributed by atoms with Crippen LogP contribution in [0.4, 0.5) is 0 Å². The molecule has 0 saturated carbocycles. The molecule has 4 N–H and O–H groups in total. The predicted molar refractivity (Wildman–Crippen MR) is 228 cm³/mol. The van der Waals surface area contributed by atoms with E-state index in [-0.39, 0.29) is 0 Å². The monoisotopic (exact) mass is 723 g/mol. The van der Waals surface area contributed by atoms with Crippen LogP contribution in [0.25, 0.3) is 0 Å². The number of hydrogen-bond donors (Lipinski definition) is 3. The molecule has 2 heterocycles. The molecule has 0 amide bonds. The number of nitrogens with zero attached hydrogens (tertiary/aromatic N) is 1. The molecule has 4 heteroatoms. The molecule has 0 radical (unpaired) electrons. The van der Waals surface area contributed by atoms with Gasteiger partial charge in [0.1, 0.15) is 0 Å². The number of nitrogens with one attached hydrogen (secondary N) is 2. The van der Waals surface area contributed by atoms with Crippen molar-refractivity contribution in [2.75, 3.05) is 26.7 Å². The number of fused-ring (bicyclic) bond motifs is 3. The first-order valence-electron chi connectivity index (χ1n) is 21.6. The maximum atomic E-state index is 6.60. The second kappa shape index (κ2) is 17.5. The van der Waals surface area contributed by atoms with E-state index < -0.39 is 0 Å². The Morgan fingerprint density at radius 2 is 1.76 bits per heavy atom. The summed E-state index contributed by atoms with van der Waals surface area (Å²) in [6.45, 7) is 4.98. The van der Waals surface area contributed by atoms with Crippen molar-refractivity contribution < 1.29 is 0 Å². The molecule has 286 valence electrons. The minimum Gasteiger partial charge on any atom is -0.387 e. The van der Waals surface area contributed by atoms with Crippen molar-refractivity contribution >= 4 is 0 Å². The van der Waals surface area contributed by atoms with E-state index in [4.69, 9.17) is 5.73 Å². The molecule has 54 heavy (non-hydrogen) atoms. The van der Waals surface area contributed by atoms with E-state index in [0.29, 0.717) is 71.9 Å². The molecule has 12 atom stereocenters. The molecule has 0 bridgehead atoms. The fourth-order valence-corrected chi connectivity index (χ4v) is 11.3. The quantitative estimate of drug-likeness (QED) is 0.166. The first kappa shape index (κ1) is 37.3. The number of rotatable bonds is 13. The van der Waals surface area contributed by atoms with Gasteiger partial charge in [-0.2, -0.15) is 0 Å². The smallest absolute Gasteiger partial charge is 0.0549 e.